The minimum atomic E-state index is -0.387. The molecular formula is C13H18N4O2. The SMILES string of the molecule is CCOC(=O)c1cc(C)n(Cc2cc(C)n(C)n2)n1. The molecule has 0 fully saturated rings. The van der Waals surface area contributed by atoms with E-state index in [0.717, 1.165) is 17.1 Å². The van der Waals surface area contributed by atoms with E-state index in [1.807, 2.05) is 31.6 Å². The first-order valence-corrected chi connectivity index (χ1v) is 6.22. The van der Waals surface area contributed by atoms with Gasteiger partial charge in [0.25, 0.3) is 0 Å². The highest BCUT2D eigenvalue weighted by Crippen LogP contribution is 2.09. The van der Waals surface area contributed by atoms with Crippen LogP contribution >= 0.6 is 0 Å². The number of ether oxygens (including phenoxy) is 1. The van der Waals surface area contributed by atoms with Crippen molar-refractivity contribution in [2.45, 2.75) is 27.3 Å². The smallest absolute Gasteiger partial charge is 0.358 e. The molecule has 0 aliphatic carbocycles. The Morgan fingerprint density at radius 2 is 2.00 bits per heavy atom. The summed E-state index contributed by atoms with van der Waals surface area (Å²) in [5, 5.41) is 8.63. The van der Waals surface area contributed by atoms with Crippen LogP contribution in [0.15, 0.2) is 12.1 Å². The van der Waals surface area contributed by atoms with Crippen LogP contribution in [0.25, 0.3) is 0 Å². The number of rotatable bonds is 4. The first-order chi connectivity index (χ1) is 9.01. The second kappa shape index (κ2) is 5.26. The number of hydrogen-bond donors (Lipinski definition) is 0. The van der Waals surface area contributed by atoms with Crippen molar-refractivity contribution in [2.75, 3.05) is 6.61 Å². The first-order valence-electron chi connectivity index (χ1n) is 6.22. The van der Waals surface area contributed by atoms with Gasteiger partial charge in [0.15, 0.2) is 5.69 Å². The number of carbonyl (C=O) groups is 1. The van der Waals surface area contributed by atoms with Crippen LogP contribution in [0.3, 0.4) is 0 Å². The van der Waals surface area contributed by atoms with Crippen LogP contribution in [0.1, 0.15) is 34.5 Å². The standard InChI is InChI=1S/C13H18N4O2/c1-5-19-13(18)12-7-10(3)17(15-12)8-11-6-9(2)16(4)14-11/h6-7H,5,8H2,1-4H3. The summed E-state index contributed by atoms with van der Waals surface area (Å²) in [5.41, 5.74) is 3.25. The van der Waals surface area contributed by atoms with Gasteiger partial charge in [-0.3, -0.25) is 9.36 Å². The lowest BCUT2D eigenvalue weighted by atomic mass is 10.3. The quantitative estimate of drug-likeness (QED) is 0.783. The van der Waals surface area contributed by atoms with Gasteiger partial charge < -0.3 is 4.74 Å². The highest BCUT2D eigenvalue weighted by molar-refractivity contribution is 5.87. The predicted octanol–water partition coefficient (Wildman–Crippen LogP) is 1.46. The Labute approximate surface area is 112 Å². The molecule has 0 radical (unpaired) electrons. The Kier molecular flexibility index (Phi) is 3.69. The monoisotopic (exact) mass is 262 g/mol. The molecule has 0 atom stereocenters. The molecule has 2 rings (SSSR count). The van der Waals surface area contributed by atoms with Crippen molar-refractivity contribution in [3.8, 4) is 0 Å². The van der Waals surface area contributed by atoms with Crippen molar-refractivity contribution in [1.29, 1.82) is 0 Å². The van der Waals surface area contributed by atoms with Crippen LogP contribution in [0.4, 0.5) is 0 Å². The number of aryl methyl sites for hydroxylation is 3. The summed E-state index contributed by atoms with van der Waals surface area (Å²) in [7, 11) is 1.90. The Balaban J connectivity index is 2.19. The van der Waals surface area contributed by atoms with Crippen LogP contribution < -0.4 is 0 Å². The molecule has 0 saturated heterocycles. The molecule has 2 heterocycles. The van der Waals surface area contributed by atoms with E-state index in [-0.39, 0.29) is 5.97 Å². The second-order valence-corrected chi connectivity index (χ2v) is 4.45. The third kappa shape index (κ3) is 2.83. The van der Waals surface area contributed by atoms with Gasteiger partial charge in [-0.25, -0.2) is 4.79 Å². The van der Waals surface area contributed by atoms with Crippen molar-refractivity contribution in [2.24, 2.45) is 7.05 Å². The van der Waals surface area contributed by atoms with Crippen LogP contribution in [-0.2, 0) is 18.3 Å². The summed E-state index contributed by atoms with van der Waals surface area (Å²) in [5.74, 6) is -0.387. The Morgan fingerprint density at radius 1 is 1.26 bits per heavy atom. The van der Waals surface area contributed by atoms with E-state index in [0.29, 0.717) is 18.8 Å². The Hall–Kier alpha value is -2.11. The molecule has 0 saturated carbocycles. The maximum Gasteiger partial charge on any atom is 0.358 e. The molecule has 2 aromatic heterocycles. The molecule has 0 N–H and O–H groups in total. The number of carbonyl (C=O) groups excluding carboxylic acids is 1. The second-order valence-electron chi connectivity index (χ2n) is 4.45. The van der Waals surface area contributed by atoms with Crippen molar-refractivity contribution < 1.29 is 9.53 Å². The van der Waals surface area contributed by atoms with Gasteiger partial charge in [-0.05, 0) is 32.9 Å². The zero-order valence-corrected chi connectivity index (χ0v) is 11.7. The maximum absolute atomic E-state index is 11.6. The fourth-order valence-electron chi connectivity index (χ4n) is 1.84. The zero-order valence-electron chi connectivity index (χ0n) is 11.7. The molecule has 0 bridgehead atoms. The third-order valence-electron chi connectivity index (χ3n) is 2.94. The van der Waals surface area contributed by atoms with Crippen LogP contribution in [-0.4, -0.2) is 32.1 Å². The van der Waals surface area contributed by atoms with E-state index in [1.165, 1.54) is 0 Å². The van der Waals surface area contributed by atoms with Gasteiger partial charge in [0.05, 0.1) is 18.8 Å². The van der Waals surface area contributed by atoms with Gasteiger partial charge in [-0.1, -0.05) is 0 Å². The summed E-state index contributed by atoms with van der Waals surface area (Å²) in [6, 6.07) is 3.74. The van der Waals surface area contributed by atoms with Gasteiger partial charge in [-0.15, -0.1) is 0 Å². The van der Waals surface area contributed by atoms with Gasteiger partial charge in [0.1, 0.15) is 0 Å². The summed E-state index contributed by atoms with van der Waals surface area (Å²) >= 11 is 0. The lowest BCUT2D eigenvalue weighted by Crippen LogP contribution is -2.09. The highest BCUT2D eigenvalue weighted by Gasteiger charge is 2.14. The molecule has 19 heavy (non-hydrogen) atoms. The lowest BCUT2D eigenvalue weighted by molar-refractivity contribution is 0.0518. The maximum atomic E-state index is 11.6. The van der Waals surface area contributed by atoms with E-state index >= 15 is 0 Å². The van der Waals surface area contributed by atoms with Gasteiger partial charge in [-0.2, -0.15) is 10.2 Å². The van der Waals surface area contributed by atoms with Crippen molar-refractivity contribution in [3.63, 3.8) is 0 Å². The molecule has 0 aliphatic rings. The topological polar surface area (TPSA) is 61.9 Å². The molecule has 6 heteroatoms. The van der Waals surface area contributed by atoms with Crippen LogP contribution in [0.5, 0.6) is 0 Å². The average molecular weight is 262 g/mol. The van der Waals surface area contributed by atoms with E-state index in [4.69, 9.17) is 4.74 Å². The number of nitrogens with zero attached hydrogens (tertiary/aromatic N) is 4. The highest BCUT2D eigenvalue weighted by atomic mass is 16.5. The van der Waals surface area contributed by atoms with Crippen molar-refractivity contribution >= 4 is 5.97 Å². The summed E-state index contributed by atoms with van der Waals surface area (Å²) < 4.78 is 8.51. The summed E-state index contributed by atoms with van der Waals surface area (Å²) in [4.78, 5) is 11.6. The van der Waals surface area contributed by atoms with Crippen LogP contribution in [0, 0.1) is 13.8 Å². The fourth-order valence-corrected chi connectivity index (χ4v) is 1.84. The van der Waals surface area contributed by atoms with E-state index < -0.39 is 0 Å². The van der Waals surface area contributed by atoms with E-state index in [9.17, 15) is 4.79 Å². The van der Waals surface area contributed by atoms with Gasteiger partial charge >= 0.3 is 5.97 Å². The summed E-state index contributed by atoms with van der Waals surface area (Å²) in [6.07, 6.45) is 0. The first kappa shape index (κ1) is 13.3. The minimum Gasteiger partial charge on any atom is -0.461 e. The van der Waals surface area contributed by atoms with Gasteiger partial charge in [0.2, 0.25) is 0 Å². The molecule has 0 aromatic carbocycles. The Bertz CT molecular complexity index is 578. The molecular weight excluding hydrogens is 244 g/mol. The summed E-state index contributed by atoms with van der Waals surface area (Å²) in [6.45, 7) is 6.58. The molecule has 0 amide bonds. The van der Waals surface area contributed by atoms with E-state index in [1.54, 1.807) is 17.7 Å². The third-order valence-corrected chi connectivity index (χ3v) is 2.94. The van der Waals surface area contributed by atoms with Crippen molar-refractivity contribution in [1.82, 2.24) is 19.6 Å². The molecule has 6 nitrogen and oxygen atoms in total. The average Bonchev–Trinajstić information content (AvgIpc) is 2.85. The lowest BCUT2D eigenvalue weighted by Gasteiger charge is -2.00. The number of aromatic nitrogens is 4. The molecule has 0 spiro atoms. The molecule has 0 aliphatic heterocycles. The Morgan fingerprint density at radius 3 is 2.58 bits per heavy atom. The molecule has 2 aromatic rings. The van der Waals surface area contributed by atoms with E-state index in [2.05, 4.69) is 10.2 Å². The number of hydrogen-bond acceptors (Lipinski definition) is 4. The minimum absolute atomic E-state index is 0.340. The fraction of sp³-hybridized carbons (Fsp3) is 0.462. The van der Waals surface area contributed by atoms with Crippen LogP contribution in [0.2, 0.25) is 0 Å². The zero-order chi connectivity index (χ0) is 14.0. The molecule has 102 valence electrons. The largest absolute Gasteiger partial charge is 0.461 e. The predicted molar refractivity (Wildman–Crippen MR) is 70.0 cm³/mol. The normalized spacial score (nSPS) is 10.7. The van der Waals surface area contributed by atoms with Crippen molar-refractivity contribution in [3.05, 3.63) is 34.9 Å². The molecule has 0 unspecified atom stereocenters. The number of esters is 1. The van der Waals surface area contributed by atoms with Gasteiger partial charge in [0, 0.05) is 18.4 Å².